The number of phenols is 1. The Morgan fingerprint density at radius 3 is 2.32 bits per heavy atom. The quantitative estimate of drug-likeness (QED) is 0.142. The van der Waals surface area contributed by atoms with Gasteiger partial charge in [0.1, 0.15) is 29.5 Å². The summed E-state index contributed by atoms with van der Waals surface area (Å²) in [6.07, 6.45) is -3.69. The lowest BCUT2D eigenvalue weighted by Gasteiger charge is -2.47. The van der Waals surface area contributed by atoms with E-state index in [2.05, 4.69) is 10.2 Å². The minimum Gasteiger partial charge on any atom is -0.508 e. The summed E-state index contributed by atoms with van der Waals surface area (Å²) >= 11 is 0. The number of hydrogen-bond acceptors (Lipinski definition) is 13. The van der Waals surface area contributed by atoms with E-state index in [-0.39, 0.29) is 30.7 Å². The number of likely N-dealkylation sites (N-methyl/N-ethyl adjacent to an activating group) is 1. The van der Waals surface area contributed by atoms with Crippen LogP contribution >= 0.6 is 0 Å². The molecule has 2 aliphatic rings. The molecule has 0 radical (unpaired) electrons. The smallest absolute Gasteiger partial charge is 0.316 e. The van der Waals surface area contributed by atoms with Crippen molar-refractivity contribution in [2.75, 3.05) is 21.2 Å². The number of aliphatic hydroxyl groups excluding tert-OH is 2. The lowest BCUT2D eigenvalue weighted by Crippen LogP contribution is -2.60. The Kier molecular flexibility index (Phi) is 14.3. The van der Waals surface area contributed by atoms with E-state index in [9.17, 15) is 30.0 Å². The summed E-state index contributed by atoms with van der Waals surface area (Å²) in [6, 6.07) is 6.20. The fourth-order valence-corrected chi connectivity index (χ4v) is 7.40. The van der Waals surface area contributed by atoms with Crippen molar-refractivity contribution in [3.8, 4) is 5.75 Å². The van der Waals surface area contributed by atoms with Gasteiger partial charge in [0.2, 0.25) is 0 Å². The molecule has 3 rings (SSSR count). The van der Waals surface area contributed by atoms with E-state index < -0.39 is 77.3 Å². The molecule has 13 atom stereocenters. The van der Waals surface area contributed by atoms with Crippen LogP contribution in [0.2, 0.25) is 0 Å². The van der Waals surface area contributed by atoms with Crippen LogP contribution in [0.25, 0.3) is 0 Å². The van der Waals surface area contributed by atoms with Gasteiger partial charge in [-0.1, -0.05) is 39.8 Å². The van der Waals surface area contributed by atoms with E-state index >= 15 is 0 Å². The third-order valence-electron chi connectivity index (χ3n) is 10.6. The number of aromatic hydroxyl groups is 1. The molecular formula is C37H59N3O10. The van der Waals surface area contributed by atoms with Gasteiger partial charge in [-0.15, -0.1) is 0 Å². The number of rotatable bonds is 7. The van der Waals surface area contributed by atoms with Crippen molar-refractivity contribution in [1.29, 1.82) is 0 Å². The van der Waals surface area contributed by atoms with Gasteiger partial charge >= 0.3 is 5.97 Å². The standard InChI is InChI=1S/C37H59N3O10/c1-12-28-37(8,46)32(44)22(4)29(39-38-19-25-14-13-15-26(41)17-25)20(2)18-36(7,47-11)33(23(5)30(42)24(6)34(45)49-28)50-35-31(43)27(40(9)10)16-21(3)48-35/h13-15,17,19-24,27-28,31-33,35,41,43-44,46H,12,16,18H2,1-11H3. The molecule has 0 aromatic heterocycles. The summed E-state index contributed by atoms with van der Waals surface area (Å²) < 4.78 is 24.7. The normalized spacial score (nSPS) is 40.6. The molecule has 0 saturated carbocycles. The lowest BCUT2D eigenvalue weighted by molar-refractivity contribution is -0.295. The second-order valence-electron chi connectivity index (χ2n) is 14.8. The van der Waals surface area contributed by atoms with Crippen molar-refractivity contribution < 1.29 is 49.0 Å². The van der Waals surface area contributed by atoms with Crippen LogP contribution in [-0.4, -0.2) is 124 Å². The van der Waals surface area contributed by atoms with Gasteiger partial charge in [-0.05, 0) is 84.7 Å². The molecule has 13 unspecified atom stereocenters. The molecule has 2 saturated heterocycles. The van der Waals surface area contributed by atoms with E-state index in [4.69, 9.17) is 18.9 Å². The number of carbonyl (C=O) groups excluding carboxylic acids is 2. The highest BCUT2D eigenvalue weighted by Gasteiger charge is 2.51. The van der Waals surface area contributed by atoms with E-state index in [1.165, 1.54) is 39.3 Å². The van der Waals surface area contributed by atoms with Crippen LogP contribution in [0.15, 0.2) is 34.5 Å². The summed E-state index contributed by atoms with van der Waals surface area (Å²) in [6.45, 7) is 13.5. The molecule has 1 aromatic carbocycles. The molecule has 2 heterocycles. The summed E-state index contributed by atoms with van der Waals surface area (Å²) in [5.74, 6) is -4.75. The highest BCUT2D eigenvalue weighted by Crippen LogP contribution is 2.38. The van der Waals surface area contributed by atoms with Gasteiger partial charge in [-0.2, -0.15) is 10.2 Å². The Morgan fingerprint density at radius 2 is 1.74 bits per heavy atom. The second kappa shape index (κ2) is 17.2. The zero-order valence-electron chi connectivity index (χ0n) is 31.4. The summed E-state index contributed by atoms with van der Waals surface area (Å²) in [4.78, 5) is 29.5. The first kappa shape index (κ1) is 41.6. The maximum atomic E-state index is 14.1. The van der Waals surface area contributed by atoms with Crippen molar-refractivity contribution in [3.63, 3.8) is 0 Å². The Balaban J connectivity index is 2.19. The van der Waals surface area contributed by atoms with Crippen LogP contribution in [-0.2, 0) is 28.5 Å². The predicted molar refractivity (Wildman–Crippen MR) is 189 cm³/mol. The van der Waals surface area contributed by atoms with Gasteiger partial charge < -0.3 is 44.3 Å². The molecule has 2 aliphatic heterocycles. The summed E-state index contributed by atoms with van der Waals surface area (Å²) in [7, 11) is 5.23. The maximum Gasteiger partial charge on any atom is 0.316 e. The Morgan fingerprint density at radius 1 is 1.08 bits per heavy atom. The van der Waals surface area contributed by atoms with Crippen LogP contribution < -0.4 is 0 Å². The van der Waals surface area contributed by atoms with Gasteiger partial charge in [0.15, 0.2) is 12.1 Å². The number of benzene rings is 1. The van der Waals surface area contributed by atoms with Crippen molar-refractivity contribution in [3.05, 3.63) is 29.8 Å². The number of ether oxygens (including phenoxy) is 4. The summed E-state index contributed by atoms with van der Waals surface area (Å²) in [5.41, 5.74) is -2.18. The minimum absolute atomic E-state index is 0.0613. The first-order chi connectivity index (χ1) is 23.3. The highest BCUT2D eigenvalue weighted by atomic mass is 16.7. The zero-order chi connectivity index (χ0) is 37.7. The van der Waals surface area contributed by atoms with Crippen molar-refractivity contribution >= 4 is 23.7 Å². The topological polar surface area (TPSA) is 180 Å². The van der Waals surface area contributed by atoms with E-state index in [0.29, 0.717) is 17.7 Å². The average Bonchev–Trinajstić information content (AvgIpc) is 3.06. The number of ketones is 1. The molecular weight excluding hydrogens is 646 g/mol. The number of aliphatic hydroxyl groups is 3. The third-order valence-corrected chi connectivity index (χ3v) is 10.6. The largest absolute Gasteiger partial charge is 0.508 e. The molecule has 282 valence electrons. The van der Waals surface area contributed by atoms with Crippen molar-refractivity contribution in [2.24, 2.45) is 33.9 Å². The predicted octanol–water partition coefficient (Wildman–Crippen LogP) is 3.33. The summed E-state index contributed by atoms with van der Waals surface area (Å²) in [5, 5.41) is 53.6. The molecule has 0 bridgehead atoms. The van der Waals surface area contributed by atoms with Crippen LogP contribution in [0.4, 0.5) is 0 Å². The SMILES string of the molecule is CCC1OC(=O)C(C)C(=O)C(C)C(OC2OC(C)CC(N(C)C)C2O)C(C)(OC)CC(C)C(=NN=Cc2cccc(O)c2)C(C)C(O)C1(C)O. The number of cyclic esters (lactones) is 1. The zero-order valence-corrected chi connectivity index (χ0v) is 31.4. The molecule has 4 N–H and O–H groups in total. The molecule has 0 aliphatic carbocycles. The number of hydrogen-bond donors (Lipinski definition) is 4. The van der Waals surface area contributed by atoms with Crippen LogP contribution in [0, 0.1) is 23.7 Å². The minimum atomic E-state index is -1.93. The van der Waals surface area contributed by atoms with Gasteiger partial charge in [-0.25, -0.2) is 0 Å². The number of nitrogens with zero attached hydrogens (tertiary/aromatic N) is 3. The highest BCUT2D eigenvalue weighted by molar-refractivity contribution is 6.00. The Hall–Kier alpha value is -2.78. The second-order valence-corrected chi connectivity index (χ2v) is 14.8. The monoisotopic (exact) mass is 705 g/mol. The first-order valence-electron chi connectivity index (χ1n) is 17.5. The number of Topliss-reactive ketones (excluding diaryl/α,β-unsaturated/α-hetero) is 1. The average molecular weight is 706 g/mol. The van der Waals surface area contributed by atoms with Gasteiger partial charge in [0, 0.05) is 30.7 Å². The van der Waals surface area contributed by atoms with E-state index in [0.717, 1.165) is 0 Å². The molecule has 2 fully saturated rings. The molecule has 0 amide bonds. The Labute approximate surface area is 296 Å². The van der Waals surface area contributed by atoms with Crippen LogP contribution in [0.1, 0.15) is 80.2 Å². The fraction of sp³-hybridized carbons (Fsp3) is 0.730. The lowest BCUT2D eigenvalue weighted by atomic mass is 9.74. The molecule has 0 spiro atoms. The van der Waals surface area contributed by atoms with Crippen LogP contribution in [0.5, 0.6) is 5.75 Å². The molecule has 50 heavy (non-hydrogen) atoms. The van der Waals surface area contributed by atoms with E-state index in [1.54, 1.807) is 39.8 Å². The number of phenolic OH excluding ortho intramolecular Hbond substituents is 1. The van der Waals surface area contributed by atoms with Crippen molar-refractivity contribution in [1.82, 2.24) is 4.90 Å². The fourth-order valence-electron chi connectivity index (χ4n) is 7.40. The van der Waals surface area contributed by atoms with Gasteiger partial charge in [0.05, 0.1) is 30.1 Å². The Bertz CT molecular complexity index is 1370. The van der Waals surface area contributed by atoms with Crippen LogP contribution in [0.3, 0.4) is 0 Å². The van der Waals surface area contributed by atoms with E-state index in [1.807, 2.05) is 32.8 Å². The third kappa shape index (κ3) is 9.36. The number of esters is 1. The maximum absolute atomic E-state index is 14.1. The van der Waals surface area contributed by atoms with Crippen molar-refractivity contribution in [2.45, 2.75) is 129 Å². The van der Waals surface area contributed by atoms with Gasteiger partial charge in [0.25, 0.3) is 0 Å². The molecule has 1 aromatic rings. The molecule has 13 heteroatoms. The first-order valence-corrected chi connectivity index (χ1v) is 17.5. The molecule has 13 nitrogen and oxygen atoms in total. The number of carbonyl (C=O) groups is 2. The van der Waals surface area contributed by atoms with Gasteiger partial charge in [-0.3, -0.25) is 9.59 Å². The number of methoxy groups -OCH3 is 1.